The molecule has 0 N–H and O–H groups in total. The highest BCUT2D eigenvalue weighted by Gasteiger charge is 2.13. The van der Waals surface area contributed by atoms with Crippen molar-refractivity contribution in [3.05, 3.63) is 39.8 Å². The number of nitrogens with zero attached hydrogens (tertiary/aromatic N) is 3. The summed E-state index contributed by atoms with van der Waals surface area (Å²) in [5.74, 6) is -0.606. The number of hydrogen-bond donors (Lipinski definition) is 0. The summed E-state index contributed by atoms with van der Waals surface area (Å²) >= 11 is 1.59. The maximum absolute atomic E-state index is 11.9. The van der Waals surface area contributed by atoms with Crippen LogP contribution in [-0.4, -0.2) is 40.2 Å². The minimum absolute atomic E-state index is 0.198. The molecule has 6 nitrogen and oxygen atoms in total. The first-order chi connectivity index (χ1) is 11.0. The summed E-state index contributed by atoms with van der Waals surface area (Å²) < 4.78 is 6.81. The monoisotopic (exact) mass is 335 g/mol. The maximum atomic E-state index is 11.9. The Hall–Kier alpha value is -2.15. The number of aryl methyl sites for hydroxylation is 3. The zero-order valence-corrected chi connectivity index (χ0v) is 14.4. The van der Waals surface area contributed by atoms with Crippen molar-refractivity contribution in [2.45, 2.75) is 33.4 Å². The van der Waals surface area contributed by atoms with Crippen molar-refractivity contribution in [3.8, 4) is 0 Å². The molecule has 0 saturated carbocycles. The van der Waals surface area contributed by atoms with E-state index in [0.717, 1.165) is 17.0 Å². The zero-order valence-electron chi connectivity index (χ0n) is 13.6. The fourth-order valence-corrected chi connectivity index (χ4v) is 2.83. The Balaban J connectivity index is 1.71. The molecule has 0 unspecified atom stereocenters. The van der Waals surface area contributed by atoms with Crippen molar-refractivity contribution in [2.24, 2.45) is 0 Å². The summed E-state index contributed by atoms with van der Waals surface area (Å²) in [4.78, 5) is 25.2. The molecule has 0 fully saturated rings. The summed E-state index contributed by atoms with van der Waals surface area (Å²) in [6, 6.07) is 3.92. The van der Waals surface area contributed by atoms with Crippen molar-refractivity contribution in [1.82, 2.24) is 14.7 Å². The number of rotatable bonds is 7. The lowest BCUT2D eigenvalue weighted by Crippen LogP contribution is -2.30. The number of esters is 1. The molecule has 0 radical (unpaired) electrons. The van der Waals surface area contributed by atoms with E-state index in [1.807, 2.05) is 36.7 Å². The predicted molar refractivity (Wildman–Crippen MR) is 88.1 cm³/mol. The van der Waals surface area contributed by atoms with Gasteiger partial charge in [-0.1, -0.05) is 0 Å². The highest BCUT2D eigenvalue weighted by atomic mass is 32.1. The van der Waals surface area contributed by atoms with Crippen molar-refractivity contribution >= 4 is 23.2 Å². The third kappa shape index (κ3) is 5.21. The fraction of sp³-hybridized carbons (Fsp3) is 0.438. The van der Waals surface area contributed by atoms with Gasteiger partial charge >= 0.3 is 5.97 Å². The number of aromatic nitrogens is 2. The molecular formula is C16H21N3O3S. The number of thiophene rings is 1. The van der Waals surface area contributed by atoms with E-state index in [1.54, 1.807) is 28.0 Å². The van der Waals surface area contributed by atoms with E-state index < -0.39 is 5.97 Å². The number of amides is 1. The number of ether oxygens (including phenoxy) is 1. The Bertz CT molecular complexity index is 664. The standard InChI is InChI=1S/C16H21N3O3S/c1-12-8-13(2)19(17-12)6-4-16(21)22-10-15(20)18(3)9-14-5-7-23-11-14/h5,7-8,11H,4,6,9-10H2,1-3H3. The van der Waals surface area contributed by atoms with E-state index in [-0.39, 0.29) is 18.9 Å². The zero-order chi connectivity index (χ0) is 16.8. The van der Waals surface area contributed by atoms with Gasteiger partial charge in [-0.3, -0.25) is 14.3 Å². The molecule has 0 aliphatic heterocycles. The number of carbonyl (C=O) groups is 2. The lowest BCUT2D eigenvalue weighted by Gasteiger charge is -2.16. The van der Waals surface area contributed by atoms with Gasteiger partial charge in [-0.2, -0.15) is 16.4 Å². The van der Waals surface area contributed by atoms with Gasteiger partial charge in [0.2, 0.25) is 0 Å². The van der Waals surface area contributed by atoms with E-state index in [1.165, 1.54) is 0 Å². The van der Waals surface area contributed by atoms with Crippen LogP contribution in [0.15, 0.2) is 22.9 Å². The second-order valence-electron chi connectivity index (χ2n) is 5.44. The topological polar surface area (TPSA) is 64.4 Å². The number of carbonyl (C=O) groups excluding carboxylic acids is 2. The van der Waals surface area contributed by atoms with Gasteiger partial charge in [0.1, 0.15) is 0 Å². The van der Waals surface area contributed by atoms with Gasteiger partial charge in [-0.25, -0.2) is 0 Å². The van der Waals surface area contributed by atoms with Crippen LogP contribution in [0.5, 0.6) is 0 Å². The van der Waals surface area contributed by atoms with E-state index in [9.17, 15) is 9.59 Å². The highest BCUT2D eigenvalue weighted by molar-refractivity contribution is 7.07. The molecule has 2 aromatic heterocycles. The van der Waals surface area contributed by atoms with Crippen molar-refractivity contribution in [3.63, 3.8) is 0 Å². The molecule has 2 rings (SSSR count). The summed E-state index contributed by atoms with van der Waals surface area (Å²) in [6.45, 7) is 4.59. The van der Waals surface area contributed by atoms with Crippen LogP contribution in [0.25, 0.3) is 0 Å². The lowest BCUT2D eigenvalue weighted by molar-refractivity contribution is -0.151. The SMILES string of the molecule is Cc1cc(C)n(CCC(=O)OCC(=O)N(C)Cc2ccsc2)n1. The molecule has 0 bridgehead atoms. The minimum atomic E-state index is -0.394. The van der Waals surface area contributed by atoms with Gasteiger partial charge in [-0.15, -0.1) is 0 Å². The maximum Gasteiger partial charge on any atom is 0.308 e. The first-order valence-corrected chi connectivity index (χ1v) is 8.31. The number of hydrogen-bond acceptors (Lipinski definition) is 5. The molecule has 1 amide bonds. The van der Waals surface area contributed by atoms with Crippen LogP contribution >= 0.6 is 11.3 Å². The molecule has 0 aliphatic carbocycles. The Morgan fingerprint density at radius 1 is 1.39 bits per heavy atom. The summed E-state index contributed by atoms with van der Waals surface area (Å²) in [6.07, 6.45) is 0.198. The van der Waals surface area contributed by atoms with Gasteiger partial charge < -0.3 is 9.64 Å². The fourth-order valence-electron chi connectivity index (χ4n) is 2.17. The molecule has 0 spiro atoms. The Kier molecular flexibility index (Phi) is 5.92. The Morgan fingerprint density at radius 3 is 2.78 bits per heavy atom. The molecule has 23 heavy (non-hydrogen) atoms. The van der Waals surface area contributed by atoms with Crippen molar-refractivity contribution < 1.29 is 14.3 Å². The van der Waals surface area contributed by atoms with Crippen LogP contribution in [0, 0.1) is 13.8 Å². The first kappa shape index (κ1) is 17.2. The second kappa shape index (κ2) is 7.92. The minimum Gasteiger partial charge on any atom is -0.456 e. The summed E-state index contributed by atoms with van der Waals surface area (Å²) in [5.41, 5.74) is 2.99. The van der Waals surface area contributed by atoms with Gasteiger partial charge in [0.25, 0.3) is 5.91 Å². The summed E-state index contributed by atoms with van der Waals surface area (Å²) in [5, 5.41) is 8.24. The van der Waals surface area contributed by atoms with Crippen LogP contribution in [0.3, 0.4) is 0 Å². The highest BCUT2D eigenvalue weighted by Crippen LogP contribution is 2.08. The van der Waals surface area contributed by atoms with Gasteiger partial charge in [0.05, 0.1) is 18.7 Å². The van der Waals surface area contributed by atoms with Crippen LogP contribution < -0.4 is 0 Å². The van der Waals surface area contributed by atoms with Crippen LogP contribution in [0.1, 0.15) is 23.4 Å². The molecule has 0 saturated heterocycles. The van der Waals surface area contributed by atoms with Crippen molar-refractivity contribution in [2.75, 3.05) is 13.7 Å². The van der Waals surface area contributed by atoms with Gasteiger partial charge in [0, 0.05) is 19.3 Å². The molecule has 0 atom stereocenters. The molecule has 124 valence electrons. The van der Waals surface area contributed by atoms with Gasteiger partial charge in [0.15, 0.2) is 6.61 Å². The molecular weight excluding hydrogens is 314 g/mol. The molecule has 2 aromatic rings. The molecule has 0 aliphatic rings. The molecule has 7 heteroatoms. The smallest absolute Gasteiger partial charge is 0.308 e. The normalized spacial score (nSPS) is 10.6. The van der Waals surface area contributed by atoms with E-state index in [2.05, 4.69) is 5.10 Å². The average Bonchev–Trinajstić information content (AvgIpc) is 3.12. The van der Waals surface area contributed by atoms with Crippen LogP contribution in [-0.2, 0) is 27.4 Å². The largest absolute Gasteiger partial charge is 0.456 e. The van der Waals surface area contributed by atoms with E-state index >= 15 is 0 Å². The van der Waals surface area contributed by atoms with Crippen LogP contribution in [0.4, 0.5) is 0 Å². The number of likely N-dealkylation sites (N-methyl/N-ethyl adjacent to an activating group) is 1. The Morgan fingerprint density at radius 2 is 2.17 bits per heavy atom. The predicted octanol–water partition coefficient (Wildman–Crippen LogP) is 2.15. The first-order valence-electron chi connectivity index (χ1n) is 7.37. The van der Waals surface area contributed by atoms with Crippen LogP contribution in [0.2, 0.25) is 0 Å². The molecule has 2 heterocycles. The lowest BCUT2D eigenvalue weighted by atomic mass is 10.3. The third-order valence-corrected chi connectivity index (χ3v) is 4.15. The second-order valence-corrected chi connectivity index (χ2v) is 6.22. The van der Waals surface area contributed by atoms with Crippen molar-refractivity contribution in [1.29, 1.82) is 0 Å². The quantitative estimate of drug-likeness (QED) is 0.727. The summed E-state index contributed by atoms with van der Waals surface area (Å²) in [7, 11) is 1.70. The van der Waals surface area contributed by atoms with E-state index in [0.29, 0.717) is 13.1 Å². The molecule has 0 aromatic carbocycles. The Labute approximate surface area is 139 Å². The average molecular weight is 335 g/mol. The van der Waals surface area contributed by atoms with Gasteiger partial charge in [-0.05, 0) is 42.3 Å². The third-order valence-electron chi connectivity index (χ3n) is 3.41. The van der Waals surface area contributed by atoms with E-state index in [4.69, 9.17) is 4.74 Å².